The first kappa shape index (κ1) is 15.1. The van der Waals surface area contributed by atoms with Crippen molar-refractivity contribution in [2.75, 3.05) is 7.05 Å². The van der Waals surface area contributed by atoms with Crippen LogP contribution in [0.15, 0.2) is 48.5 Å². The molecule has 0 spiro atoms. The smallest absolute Gasteiger partial charge is 0.411 e. The Balaban J connectivity index is 1.92. The van der Waals surface area contributed by atoms with E-state index in [9.17, 15) is 9.59 Å². The molecule has 2 aromatic rings. The molecule has 3 rings (SSSR count). The number of likely N-dealkylation sites (N-methyl/N-ethyl adjacent to an activating group) is 1. The van der Waals surface area contributed by atoms with Crippen molar-refractivity contribution in [1.29, 1.82) is 0 Å². The quantitative estimate of drug-likeness (QED) is 0.944. The second-order valence-corrected chi connectivity index (χ2v) is 5.56. The molecule has 0 saturated heterocycles. The van der Waals surface area contributed by atoms with E-state index in [1.165, 1.54) is 14.0 Å². The van der Waals surface area contributed by atoms with Crippen molar-refractivity contribution in [3.8, 4) is 11.1 Å². The van der Waals surface area contributed by atoms with E-state index < -0.39 is 24.2 Å². The molecule has 0 unspecified atom stereocenters. The highest BCUT2D eigenvalue weighted by molar-refractivity contribution is 5.82. The fourth-order valence-electron chi connectivity index (χ4n) is 2.74. The average Bonchev–Trinajstić information content (AvgIpc) is 2.88. The molecule has 1 amide bonds. The Kier molecular flexibility index (Phi) is 3.78. The number of aliphatic carboxylic acids is 1. The normalized spacial score (nSPS) is 13.8. The summed E-state index contributed by atoms with van der Waals surface area (Å²) in [6, 6.07) is 14.6. The van der Waals surface area contributed by atoms with Crippen molar-refractivity contribution in [1.82, 2.24) is 4.90 Å². The SMILES string of the molecule is C[C@@H](C(=O)O)N(C)C(=O)OC1c2ccccc2-c2ccccc21. The molecule has 5 heteroatoms. The van der Waals surface area contributed by atoms with E-state index in [-0.39, 0.29) is 0 Å². The maximum Gasteiger partial charge on any atom is 0.411 e. The Hall–Kier alpha value is -2.82. The van der Waals surface area contributed by atoms with E-state index in [1.807, 2.05) is 48.5 Å². The molecule has 0 fully saturated rings. The molecule has 0 bridgehead atoms. The predicted octanol–water partition coefficient (Wildman–Crippen LogP) is 3.30. The number of carboxylic acids is 1. The van der Waals surface area contributed by atoms with Crippen LogP contribution in [0.5, 0.6) is 0 Å². The number of hydrogen-bond acceptors (Lipinski definition) is 3. The van der Waals surface area contributed by atoms with Gasteiger partial charge in [-0.3, -0.25) is 4.90 Å². The lowest BCUT2D eigenvalue weighted by Gasteiger charge is -2.24. The van der Waals surface area contributed by atoms with Crippen LogP contribution in [0.1, 0.15) is 24.2 Å². The molecule has 0 saturated carbocycles. The van der Waals surface area contributed by atoms with Gasteiger partial charge in [0.1, 0.15) is 6.04 Å². The number of amides is 1. The number of nitrogens with zero attached hydrogens (tertiary/aromatic N) is 1. The van der Waals surface area contributed by atoms with Crippen molar-refractivity contribution in [3.05, 3.63) is 59.7 Å². The first-order valence-corrected chi connectivity index (χ1v) is 7.35. The maximum atomic E-state index is 12.3. The molecular formula is C18H17NO4. The third-order valence-electron chi connectivity index (χ3n) is 4.22. The van der Waals surface area contributed by atoms with Gasteiger partial charge in [-0.05, 0) is 18.1 Å². The molecule has 1 atom stereocenters. The van der Waals surface area contributed by atoms with Crippen molar-refractivity contribution in [3.63, 3.8) is 0 Å². The van der Waals surface area contributed by atoms with Crippen LogP contribution in [0.2, 0.25) is 0 Å². The summed E-state index contributed by atoms with van der Waals surface area (Å²) < 4.78 is 5.62. The van der Waals surface area contributed by atoms with Gasteiger partial charge in [-0.2, -0.15) is 0 Å². The average molecular weight is 311 g/mol. The molecule has 1 N–H and O–H groups in total. The predicted molar refractivity (Wildman–Crippen MR) is 85.1 cm³/mol. The number of fused-ring (bicyclic) bond motifs is 3. The van der Waals surface area contributed by atoms with Gasteiger partial charge in [0.05, 0.1) is 0 Å². The van der Waals surface area contributed by atoms with E-state index in [0.717, 1.165) is 27.2 Å². The van der Waals surface area contributed by atoms with Gasteiger partial charge in [0.2, 0.25) is 0 Å². The lowest BCUT2D eigenvalue weighted by Crippen LogP contribution is -2.40. The molecule has 0 radical (unpaired) electrons. The highest BCUT2D eigenvalue weighted by atomic mass is 16.6. The summed E-state index contributed by atoms with van der Waals surface area (Å²) in [5, 5.41) is 9.03. The number of carbonyl (C=O) groups excluding carboxylic acids is 1. The molecule has 1 aliphatic carbocycles. The number of rotatable bonds is 3. The van der Waals surface area contributed by atoms with Crippen LogP contribution in [-0.4, -0.2) is 35.2 Å². The standard InChI is InChI=1S/C18H17NO4/c1-11(17(20)21)19(2)18(22)23-16-14-9-5-3-7-12(14)13-8-4-6-10-15(13)16/h3-11,16H,1-2H3,(H,20,21)/t11-/m0/s1. The van der Waals surface area contributed by atoms with Crippen LogP contribution < -0.4 is 0 Å². The van der Waals surface area contributed by atoms with E-state index in [2.05, 4.69) is 0 Å². The molecule has 118 valence electrons. The minimum absolute atomic E-state index is 0.515. The fourth-order valence-corrected chi connectivity index (χ4v) is 2.74. The number of carboxylic acid groups (broad SMARTS) is 1. The zero-order valence-corrected chi connectivity index (χ0v) is 12.9. The summed E-state index contributed by atoms with van der Waals surface area (Å²) in [6.07, 6.45) is -1.17. The van der Waals surface area contributed by atoms with Crippen LogP contribution >= 0.6 is 0 Å². The molecule has 0 aliphatic heterocycles. The lowest BCUT2D eigenvalue weighted by atomic mass is 10.1. The summed E-state index contributed by atoms with van der Waals surface area (Å²) in [5.74, 6) is -1.07. The zero-order chi connectivity index (χ0) is 16.6. The Morgan fingerprint density at radius 2 is 1.52 bits per heavy atom. The largest absolute Gasteiger partial charge is 0.480 e. The van der Waals surface area contributed by atoms with Gasteiger partial charge in [0, 0.05) is 18.2 Å². The van der Waals surface area contributed by atoms with E-state index in [1.54, 1.807) is 0 Å². The Morgan fingerprint density at radius 3 is 2.00 bits per heavy atom. The third kappa shape index (κ3) is 2.54. The van der Waals surface area contributed by atoms with Gasteiger partial charge >= 0.3 is 12.1 Å². The number of carbonyl (C=O) groups is 2. The van der Waals surface area contributed by atoms with Crippen molar-refractivity contribution >= 4 is 12.1 Å². The van der Waals surface area contributed by atoms with Crippen molar-refractivity contribution in [2.24, 2.45) is 0 Å². The van der Waals surface area contributed by atoms with Crippen LogP contribution in [0.4, 0.5) is 4.79 Å². The van der Waals surface area contributed by atoms with Gasteiger partial charge in [-0.1, -0.05) is 48.5 Å². The highest BCUT2D eigenvalue weighted by Gasteiger charge is 2.33. The minimum atomic E-state index is -1.07. The second kappa shape index (κ2) is 5.76. The summed E-state index contributed by atoms with van der Waals surface area (Å²) >= 11 is 0. The van der Waals surface area contributed by atoms with Crippen molar-refractivity contribution in [2.45, 2.75) is 19.1 Å². The number of ether oxygens (including phenoxy) is 1. The van der Waals surface area contributed by atoms with E-state index >= 15 is 0 Å². The summed E-state index contributed by atoms with van der Waals surface area (Å²) in [5.41, 5.74) is 3.90. The summed E-state index contributed by atoms with van der Waals surface area (Å²) in [4.78, 5) is 24.4. The minimum Gasteiger partial charge on any atom is -0.480 e. The molecule has 0 aromatic heterocycles. The number of benzene rings is 2. The van der Waals surface area contributed by atoms with Gasteiger partial charge < -0.3 is 9.84 Å². The molecule has 23 heavy (non-hydrogen) atoms. The Morgan fingerprint density at radius 1 is 1.04 bits per heavy atom. The Bertz CT molecular complexity index is 726. The zero-order valence-electron chi connectivity index (χ0n) is 12.9. The van der Waals surface area contributed by atoms with Crippen LogP contribution in [0.3, 0.4) is 0 Å². The van der Waals surface area contributed by atoms with Gasteiger partial charge in [0.25, 0.3) is 0 Å². The first-order valence-electron chi connectivity index (χ1n) is 7.35. The second-order valence-electron chi connectivity index (χ2n) is 5.56. The van der Waals surface area contributed by atoms with Gasteiger partial charge in [-0.25, -0.2) is 9.59 Å². The van der Waals surface area contributed by atoms with Crippen LogP contribution in [0, 0.1) is 0 Å². The van der Waals surface area contributed by atoms with Crippen LogP contribution in [-0.2, 0) is 9.53 Å². The highest BCUT2D eigenvalue weighted by Crippen LogP contribution is 2.45. The fraction of sp³-hybridized carbons (Fsp3) is 0.222. The summed E-state index contributed by atoms with van der Waals surface area (Å²) in [6.45, 7) is 1.44. The topological polar surface area (TPSA) is 66.8 Å². The molecule has 0 heterocycles. The molecular weight excluding hydrogens is 294 g/mol. The molecule has 5 nitrogen and oxygen atoms in total. The molecule has 2 aromatic carbocycles. The molecule has 1 aliphatic rings. The van der Waals surface area contributed by atoms with E-state index in [4.69, 9.17) is 9.84 Å². The lowest BCUT2D eigenvalue weighted by molar-refractivity contribution is -0.141. The Labute approximate surface area is 134 Å². The first-order chi connectivity index (χ1) is 11.0. The number of hydrogen-bond donors (Lipinski definition) is 1. The summed E-state index contributed by atoms with van der Waals surface area (Å²) in [7, 11) is 1.42. The maximum absolute atomic E-state index is 12.3. The van der Waals surface area contributed by atoms with Gasteiger partial charge in [0.15, 0.2) is 6.10 Å². The van der Waals surface area contributed by atoms with E-state index in [0.29, 0.717) is 0 Å². The van der Waals surface area contributed by atoms with Gasteiger partial charge in [-0.15, -0.1) is 0 Å². The third-order valence-corrected chi connectivity index (χ3v) is 4.22. The van der Waals surface area contributed by atoms with Crippen molar-refractivity contribution < 1.29 is 19.4 Å². The monoisotopic (exact) mass is 311 g/mol. The van der Waals surface area contributed by atoms with Crippen LogP contribution in [0.25, 0.3) is 11.1 Å².